The van der Waals surface area contributed by atoms with Crippen LogP contribution in [0.15, 0.2) is 53.3 Å². The molecule has 30 heavy (non-hydrogen) atoms. The van der Waals surface area contributed by atoms with Gasteiger partial charge in [0.25, 0.3) is 5.91 Å². The smallest absolute Gasteiger partial charge is 0.269 e. The van der Waals surface area contributed by atoms with Crippen LogP contribution in [0.1, 0.15) is 30.9 Å². The molecular weight excluding hydrogens is 387 g/mol. The average molecular weight is 410 g/mol. The van der Waals surface area contributed by atoms with E-state index in [-0.39, 0.29) is 23.2 Å². The molecule has 1 aliphatic heterocycles. The normalized spacial score (nSPS) is 12.8. The Bertz CT molecular complexity index is 1020. The molecule has 7 nitrogen and oxygen atoms in total. The van der Waals surface area contributed by atoms with Gasteiger partial charge in [-0.25, -0.2) is 14.4 Å². The number of rotatable bonds is 7. The fraction of sp³-hybridized carbons (Fsp3) is 0.273. The summed E-state index contributed by atoms with van der Waals surface area (Å²) >= 11 is 0. The number of anilines is 1. The number of amides is 2. The molecular formula is C22H23FN4O3. The van der Waals surface area contributed by atoms with Crippen LogP contribution in [0, 0.1) is 5.82 Å². The van der Waals surface area contributed by atoms with Gasteiger partial charge in [-0.3, -0.25) is 9.59 Å². The van der Waals surface area contributed by atoms with Gasteiger partial charge in [-0.2, -0.15) is 0 Å². The molecule has 0 atom stereocenters. The molecule has 0 unspecified atom stereocenters. The quantitative estimate of drug-likeness (QED) is 0.761. The number of carbonyl (C=O) groups is 2. The Morgan fingerprint density at radius 3 is 2.70 bits per heavy atom. The summed E-state index contributed by atoms with van der Waals surface area (Å²) in [5.74, 6) is -0.496. The third kappa shape index (κ3) is 4.71. The number of nitrogens with zero attached hydrogens (tertiary/aromatic N) is 3. The lowest BCUT2D eigenvalue weighted by Crippen LogP contribution is -2.26. The molecule has 0 radical (unpaired) electrons. The second-order valence-electron chi connectivity index (χ2n) is 6.72. The number of halogens is 1. The third-order valence-corrected chi connectivity index (χ3v) is 4.76. The van der Waals surface area contributed by atoms with Gasteiger partial charge in [-0.05, 0) is 29.3 Å². The second-order valence-corrected chi connectivity index (χ2v) is 6.72. The first-order valence-corrected chi connectivity index (χ1v) is 9.54. The van der Waals surface area contributed by atoms with E-state index in [4.69, 9.17) is 4.74 Å². The Hall–Kier alpha value is -3.55. The maximum atomic E-state index is 14.5. The number of nitrogens with one attached hydrogen (secondary N) is 1. The first kappa shape index (κ1) is 21.2. The Balaban J connectivity index is 1.64. The highest BCUT2D eigenvalue weighted by Crippen LogP contribution is 2.23. The van der Waals surface area contributed by atoms with Gasteiger partial charge in [-0.15, -0.1) is 0 Å². The van der Waals surface area contributed by atoms with E-state index in [2.05, 4.69) is 15.3 Å². The zero-order valence-electron chi connectivity index (χ0n) is 17.1. The Kier molecular flexibility index (Phi) is 6.56. The molecule has 0 bridgehead atoms. The van der Waals surface area contributed by atoms with E-state index < -0.39 is 5.82 Å². The van der Waals surface area contributed by atoms with Crippen molar-refractivity contribution in [3.8, 4) is 5.88 Å². The van der Waals surface area contributed by atoms with Crippen LogP contribution in [0.3, 0.4) is 0 Å². The van der Waals surface area contributed by atoms with Crippen molar-refractivity contribution in [2.45, 2.75) is 26.3 Å². The van der Waals surface area contributed by atoms with Gasteiger partial charge in [0.2, 0.25) is 11.8 Å². The molecule has 8 heteroatoms. The number of carbonyl (C=O) groups excluding carboxylic acids is 2. The Morgan fingerprint density at radius 1 is 1.27 bits per heavy atom. The van der Waals surface area contributed by atoms with Gasteiger partial charge in [0.1, 0.15) is 11.5 Å². The number of allylic oxidation sites excluding steroid dienone is 1. The first-order valence-electron chi connectivity index (χ1n) is 9.54. The first-order chi connectivity index (χ1) is 14.4. The summed E-state index contributed by atoms with van der Waals surface area (Å²) < 4.78 is 19.5. The Morgan fingerprint density at radius 2 is 2.07 bits per heavy atom. The van der Waals surface area contributed by atoms with Gasteiger partial charge in [0.15, 0.2) is 0 Å². The predicted octanol–water partition coefficient (Wildman–Crippen LogP) is 3.00. The van der Waals surface area contributed by atoms with Gasteiger partial charge in [0.05, 0.1) is 18.5 Å². The van der Waals surface area contributed by atoms with Crippen molar-refractivity contribution in [2.75, 3.05) is 19.1 Å². The molecule has 1 aromatic carbocycles. The molecule has 156 valence electrons. The van der Waals surface area contributed by atoms with Crippen LogP contribution in [0.25, 0.3) is 0 Å². The Labute approximate surface area is 174 Å². The highest BCUT2D eigenvalue weighted by atomic mass is 19.1. The standard InChI is InChI=1S/C22H23FN4O3/c1-4-21(28)27(2)19-9-6-15(11-16(19)23)17-7-8-18(26-17)22(29)25-13-14-5-10-20(30-3)24-12-14/h5-6,8-12H,4,7,13H2,1-3H3,(H,25,29). The van der Waals surface area contributed by atoms with E-state index in [1.165, 1.54) is 18.1 Å². The summed E-state index contributed by atoms with van der Waals surface area (Å²) in [6.45, 7) is 2.03. The van der Waals surface area contributed by atoms with E-state index in [1.54, 1.807) is 44.4 Å². The van der Waals surface area contributed by atoms with E-state index in [9.17, 15) is 14.0 Å². The van der Waals surface area contributed by atoms with Crippen LogP contribution < -0.4 is 15.0 Å². The zero-order valence-corrected chi connectivity index (χ0v) is 17.1. The summed E-state index contributed by atoms with van der Waals surface area (Å²) in [4.78, 5) is 33.9. The average Bonchev–Trinajstić information content (AvgIpc) is 3.27. The summed E-state index contributed by atoms with van der Waals surface area (Å²) in [7, 11) is 3.08. The van der Waals surface area contributed by atoms with Gasteiger partial charge in [0, 0.05) is 38.7 Å². The topological polar surface area (TPSA) is 83.9 Å². The predicted molar refractivity (Wildman–Crippen MR) is 112 cm³/mol. The molecule has 2 heterocycles. The molecule has 1 aliphatic rings. The van der Waals surface area contributed by atoms with Crippen LogP contribution in [0.2, 0.25) is 0 Å². The van der Waals surface area contributed by atoms with Crippen molar-refractivity contribution in [1.29, 1.82) is 0 Å². The summed E-state index contributed by atoms with van der Waals surface area (Å²) in [6, 6.07) is 8.12. The lowest BCUT2D eigenvalue weighted by atomic mass is 10.1. The maximum Gasteiger partial charge on any atom is 0.269 e. The number of ether oxygens (including phenoxy) is 1. The van der Waals surface area contributed by atoms with Crippen LogP contribution in [0.4, 0.5) is 10.1 Å². The number of methoxy groups -OCH3 is 1. The van der Waals surface area contributed by atoms with Crippen molar-refractivity contribution >= 4 is 23.2 Å². The van der Waals surface area contributed by atoms with Gasteiger partial charge in [-0.1, -0.05) is 19.1 Å². The number of hydrogen-bond acceptors (Lipinski definition) is 5. The lowest BCUT2D eigenvalue weighted by molar-refractivity contribution is -0.118. The molecule has 2 aromatic rings. The van der Waals surface area contributed by atoms with Crippen molar-refractivity contribution in [3.05, 3.63) is 65.2 Å². The second kappa shape index (κ2) is 9.30. The SMILES string of the molecule is CCC(=O)N(C)c1ccc(C2=NC(C(=O)NCc3ccc(OC)nc3)=CC2)cc1F. The van der Waals surface area contributed by atoms with Crippen LogP contribution in [-0.2, 0) is 16.1 Å². The van der Waals surface area contributed by atoms with E-state index in [0.29, 0.717) is 36.5 Å². The number of benzene rings is 1. The molecule has 0 aliphatic carbocycles. The monoisotopic (exact) mass is 410 g/mol. The minimum atomic E-state index is -0.510. The highest BCUT2D eigenvalue weighted by Gasteiger charge is 2.19. The molecule has 2 amide bonds. The molecule has 0 saturated carbocycles. The fourth-order valence-electron chi connectivity index (χ4n) is 2.99. The molecule has 1 N–H and O–H groups in total. The molecule has 0 spiro atoms. The van der Waals surface area contributed by atoms with Gasteiger partial charge < -0.3 is 15.0 Å². The fourth-order valence-corrected chi connectivity index (χ4v) is 2.99. The van der Waals surface area contributed by atoms with Crippen molar-refractivity contribution in [1.82, 2.24) is 10.3 Å². The van der Waals surface area contributed by atoms with Crippen molar-refractivity contribution < 1.29 is 18.7 Å². The van der Waals surface area contributed by atoms with Crippen LogP contribution in [-0.4, -0.2) is 36.7 Å². The van der Waals surface area contributed by atoms with Crippen molar-refractivity contribution in [2.24, 2.45) is 4.99 Å². The zero-order chi connectivity index (χ0) is 21.7. The molecule has 3 rings (SSSR count). The number of hydrogen-bond donors (Lipinski definition) is 1. The van der Waals surface area contributed by atoms with Crippen LogP contribution >= 0.6 is 0 Å². The largest absolute Gasteiger partial charge is 0.481 e. The number of aromatic nitrogens is 1. The number of aliphatic imine (C=N–C) groups is 1. The minimum absolute atomic E-state index is 0.174. The summed E-state index contributed by atoms with van der Waals surface area (Å²) in [5, 5.41) is 2.79. The summed E-state index contributed by atoms with van der Waals surface area (Å²) in [5.41, 5.74) is 2.50. The maximum absolute atomic E-state index is 14.5. The number of pyridine rings is 1. The lowest BCUT2D eigenvalue weighted by Gasteiger charge is -2.17. The van der Waals surface area contributed by atoms with Crippen molar-refractivity contribution in [3.63, 3.8) is 0 Å². The van der Waals surface area contributed by atoms with E-state index >= 15 is 0 Å². The van der Waals surface area contributed by atoms with E-state index in [1.807, 2.05) is 6.07 Å². The summed E-state index contributed by atoms with van der Waals surface area (Å²) in [6.07, 6.45) is 4.05. The third-order valence-electron chi connectivity index (χ3n) is 4.76. The van der Waals surface area contributed by atoms with Gasteiger partial charge >= 0.3 is 0 Å². The molecule has 0 fully saturated rings. The minimum Gasteiger partial charge on any atom is -0.481 e. The molecule has 1 aromatic heterocycles. The van der Waals surface area contributed by atoms with E-state index in [0.717, 1.165) is 5.56 Å². The molecule has 0 saturated heterocycles. The van der Waals surface area contributed by atoms with Crippen LogP contribution in [0.5, 0.6) is 5.88 Å². The highest BCUT2D eigenvalue weighted by molar-refractivity contribution is 6.08.